The van der Waals surface area contributed by atoms with Crippen molar-refractivity contribution >= 4 is 21.6 Å². The minimum absolute atomic E-state index is 0.0597. The molecule has 1 unspecified atom stereocenters. The van der Waals surface area contributed by atoms with E-state index in [1.165, 1.54) is 12.1 Å². The third kappa shape index (κ3) is 5.78. The molecule has 0 bridgehead atoms. The zero-order valence-electron chi connectivity index (χ0n) is 15.0. The summed E-state index contributed by atoms with van der Waals surface area (Å²) in [7, 11) is -3.48. The molecule has 0 aliphatic heterocycles. The Morgan fingerprint density at radius 1 is 1.11 bits per heavy atom. The maximum Gasteiger partial charge on any atom is 0.267 e. The maximum atomic E-state index is 12.1. The molecular weight excluding hydrogens is 366 g/mol. The highest BCUT2D eigenvalue weighted by Gasteiger charge is 2.27. The van der Waals surface area contributed by atoms with Gasteiger partial charge >= 0.3 is 0 Å². The zero-order chi connectivity index (χ0) is 19.3. The van der Waals surface area contributed by atoms with Crippen molar-refractivity contribution in [3.8, 4) is 0 Å². The second kappa shape index (κ2) is 8.51. The van der Waals surface area contributed by atoms with Gasteiger partial charge in [-0.1, -0.05) is 30.3 Å². The van der Waals surface area contributed by atoms with Crippen molar-refractivity contribution in [2.24, 2.45) is 0 Å². The Hall–Kier alpha value is -2.42. The van der Waals surface area contributed by atoms with Crippen LogP contribution in [0.2, 0.25) is 0 Å². The first-order valence-electron chi connectivity index (χ1n) is 8.78. The summed E-state index contributed by atoms with van der Waals surface area (Å²) in [6, 6.07) is 15.8. The van der Waals surface area contributed by atoms with E-state index in [-0.39, 0.29) is 16.8 Å². The van der Waals surface area contributed by atoms with Crippen LogP contribution >= 0.6 is 0 Å². The Balaban J connectivity index is 1.46. The number of sulfonamides is 1. The van der Waals surface area contributed by atoms with Crippen LogP contribution in [-0.4, -0.2) is 26.5 Å². The Bertz CT molecular complexity index is 866. The van der Waals surface area contributed by atoms with Crippen molar-refractivity contribution in [2.75, 3.05) is 5.43 Å². The van der Waals surface area contributed by atoms with Crippen molar-refractivity contribution in [3.63, 3.8) is 0 Å². The molecule has 1 fully saturated rings. The first-order valence-corrected chi connectivity index (χ1v) is 10.3. The van der Waals surface area contributed by atoms with Gasteiger partial charge in [0.05, 0.1) is 17.2 Å². The Kier molecular flexibility index (Phi) is 6.10. The van der Waals surface area contributed by atoms with Crippen LogP contribution in [-0.2, 0) is 26.2 Å². The molecule has 0 saturated heterocycles. The van der Waals surface area contributed by atoms with Crippen molar-refractivity contribution < 1.29 is 17.9 Å². The van der Waals surface area contributed by atoms with Gasteiger partial charge in [0.25, 0.3) is 5.91 Å². The molecule has 1 saturated carbocycles. The molecule has 3 rings (SSSR count). The second-order valence-corrected chi connectivity index (χ2v) is 8.19. The summed E-state index contributed by atoms with van der Waals surface area (Å²) in [6.45, 7) is 2.01. The van der Waals surface area contributed by atoms with E-state index < -0.39 is 16.1 Å². The summed E-state index contributed by atoms with van der Waals surface area (Å²) >= 11 is 0. The van der Waals surface area contributed by atoms with Gasteiger partial charge in [0.1, 0.15) is 6.10 Å². The number of carbonyl (C=O) groups is 1. The lowest BCUT2D eigenvalue weighted by molar-refractivity contribution is -0.131. The summed E-state index contributed by atoms with van der Waals surface area (Å²) in [6.07, 6.45) is 1.13. The van der Waals surface area contributed by atoms with Gasteiger partial charge in [0.15, 0.2) is 0 Å². The fourth-order valence-electron chi connectivity index (χ4n) is 2.31. The van der Waals surface area contributed by atoms with Gasteiger partial charge in [-0.15, -0.1) is 0 Å². The number of amides is 1. The monoisotopic (exact) mass is 389 g/mol. The number of benzene rings is 2. The number of nitrogens with one attached hydrogen (secondary N) is 3. The average Bonchev–Trinajstić information content (AvgIpc) is 3.48. The number of anilines is 1. The van der Waals surface area contributed by atoms with E-state index in [9.17, 15) is 13.2 Å². The highest BCUT2D eigenvalue weighted by molar-refractivity contribution is 7.89. The maximum absolute atomic E-state index is 12.1. The minimum atomic E-state index is -3.48. The van der Waals surface area contributed by atoms with E-state index in [0.717, 1.165) is 18.4 Å². The van der Waals surface area contributed by atoms with Gasteiger partial charge in [0, 0.05) is 6.04 Å². The third-order valence-electron chi connectivity index (χ3n) is 4.11. The fraction of sp³-hybridized carbons (Fsp3) is 0.316. The number of hydrogen-bond acceptors (Lipinski definition) is 5. The standard InChI is InChI=1S/C19H23N3O4S/c1-14(26-13-15-5-3-2-4-6-15)19(23)21-20-16-9-11-18(12-10-16)27(24,25)22-17-7-8-17/h2-6,9-12,14,17,20,22H,7-8,13H2,1H3,(H,21,23). The van der Waals surface area contributed by atoms with Crippen molar-refractivity contribution in [2.45, 2.75) is 43.4 Å². The van der Waals surface area contributed by atoms with Crippen molar-refractivity contribution in [1.82, 2.24) is 10.1 Å². The summed E-state index contributed by atoms with van der Waals surface area (Å²) in [4.78, 5) is 12.3. The molecule has 3 N–H and O–H groups in total. The van der Waals surface area contributed by atoms with Crippen LogP contribution in [0.5, 0.6) is 0 Å². The number of hydrogen-bond donors (Lipinski definition) is 3. The molecule has 2 aromatic carbocycles. The molecule has 144 valence electrons. The van der Waals surface area contributed by atoms with Gasteiger partial charge < -0.3 is 4.74 Å². The molecule has 7 nitrogen and oxygen atoms in total. The largest absolute Gasteiger partial charge is 0.364 e. The van der Waals surface area contributed by atoms with Crippen LogP contribution in [0.4, 0.5) is 5.69 Å². The van der Waals surface area contributed by atoms with E-state index in [1.54, 1.807) is 19.1 Å². The molecule has 1 aliphatic carbocycles. The van der Waals surface area contributed by atoms with Crippen molar-refractivity contribution in [1.29, 1.82) is 0 Å². The normalized spacial score (nSPS) is 15.1. The van der Waals surface area contributed by atoms with Gasteiger partial charge in [0.2, 0.25) is 10.0 Å². The fourth-order valence-corrected chi connectivity index (χ4v) is 3.62. The summed E-state index contributed by atoms with van der Waals surface area (Å²) in [5.74, 6) is -0.321. The molecule has 0 radical (unpaired) electrons. The number of ether oxygens (including phenoxy) is 1. The van der Waals surface area contributed by atoms with E-state index in [4.69, 9.17) is 4.74 Å². The van der Waals surface area contributed by atoms with Crippen LogP contribution in [0.3, 0.4) is 0 Å². The molecule has 0 aromatic heterocycles. The summed E-state index contributed by atoms with van der Waals surface area (Å²) in [5.41, 5.74) is 6.88. The topological polar surface area (TPSA) is 96.5 Å². The number of carbonyl (C=O) groups excluding carboxylic acids is 1. The molecule has 1 amide bonds. The SMILES string of the molecule is CC(OCc1ccccc1)C(=O)NNc1ccc(S(=O)(=O)NC2CC2)cc1. The molecule has 1 atom stereocenters. The Labute approximate surface area is 159 Å². The quantitative estimate of drug-likeness (QED) is 0.571. The van der Waals surface area contributed by atoms with E-state index >= 15 is 0 Å². The third-order valence-corrected chi connectivity index (χ3v) is 5.64. The van der Waals surface area contributed by atoms with E-state index in [1.807, 2.05) is 30.3 Å². The lowest BCUT2D eigenvalue weighted by atomic mass is 10.2. The first-order chi connectivity index (χ1) is 12.9. The lowest BCUT2D eigenvalue weighted by Crippen LogP contribution is -2.38. The Morgan fingerprint density at radius 2 is 1.78 bits per heavy atom. The van der Waals surface area contributed by atoms with Gasteiger partial charge in [-0.05, 0) is 49.6 Å². The second-order valence-electron chi connectivity index (χ2n) is 6.47. The van der Waals surface area contributed by atoms with Crippen LogP contribution in [0.25, 0.3) is 0 Å². The smallest absolute Gasteiger partial charge is 0.267 e. The van der Waals surface area contributed by atoms with Crippen LogP contribution in [0, 0.1) is 0 Å². The highest BCUT2D eigenvalue weighted by Crippen LogP contribution is 2.22. The molecule has 0 spiro atoms. The summed E-state index contributed by atoms with van der Waals surface area (Å²) < 4.78 is 32.4. The van der Waals surface area contributed by atoms with Crippen LogP contribution in [0.1, 0.15) is 25.3 Å². The van der Waals surface area contributed by atoms with E-state index in [0.29, 0.717) is 12.3 Å². The molecule has 2 aromatic rings. The average molecular weight is 389 g/mol. The van der Waals surface area contributed by atoms with Crippen LogP contribution < -0.4 is 15.6 Å². The first kappa shape index (κ1) is 19.3. The molecule has 8 heteroatoms. The molecular formula is C19H23N3O4S. The molecule has 27 heavy (non-hydrogen) atoms. The minimum Gasteiger partial charge on any atom is -0.364 e. The predicted molar refractivity (Wildman–Crippen MR) is 102 cm³/mol. The molecule has 0 heterocycles. The molecule has 1 aliphatic rings. The summed E-state index contributed by atoms with van der Waals surface area (Å²) in [5, 5.41) is 0. The van der Waals surface area contributed by atoms with Crippen LogP contribution in [0.15, 0.2) is 59.5 Å². The zero-order valence-corrected chi connectivity index (χ0v) is 15.8. The highest BCUT2D eigenvalue weighted by atomic mass is 32.2. The number of hydrazine groups is 1. The predicted octanol–water partition coefficient (Wildman–Crippen LogP) is 2.18. The van der Waals surface area contributed by atoms with Gasteiger partial charge in [-0.3, -0.25) is 15.6 Å². The lowest BCUT2D eigenvalue weighted by Gasteiger charge is -2.15. The van der Waals surface area contributed by atoms with E-state index in [2.05, 4.69) is 15.6 Å². The van der Waals surface area contributed by atoms with Crippen molar-refractivity contribution in [3.05, 3.63) is 60.2 Å². The van der Waals surface area contributed by atoms with Gasteiger partial charge in [-0.25, -0.2) is 13.1 Å². The van der Waals surface area contributed by atoms with Gasteiger partial charge in [-0.2, -0.15) is 0 Å². The number of rotatable bonds is 9. The Morgan fingerprint density at radius 3 is 2.41 bits per heavy atom.